The Kier molecular flexibility index (Phi) is 4.22. The van der Waals surface area contributed by atoms with Gasteiger partial charge in [0.1, 0.15) is 11.6 Å². The maximum atomic E-state index is 4.70. The molecule has 2 aromatic rings. The van der Waals surface area contributed by atoms with Crippen LogP contribution in [0.2, 0.25) is 0 Å². The van der Waals surface area contributed by atoms with Gasteiger partial charge in [0.05, 0.1) is 11.7 Å². The third-order valence-corrected chi connectivity index (χ3v) is 4.71. The van der Waals surface area contributed by atoms with Crippen molar-refractivity contribution >= 4 is 17.2 Å². The third-order valence-electron chi connectivity index (χ3n) is 3.97. The Bertz CT molecular complexity index is 594. The largest absolute Gasteiger partial charge is 0.363 e. The number of hydrogen-bond acceptors (Lipinski definition) is 5. The first kappa shape index (κ1) is 14.5. The van der Waals surface area contributed by atoms with E-state index in [1.54, 1.807) is 11.3 Å². The number of nitrogens with zero attached hydrogens (tertiary/aromatic N) is 4. The first-order valence-electron chi connectivity index (χ1n) is 7.41. The predicted molar refractivity (Wildman–Crippen MR) is 87.8 cm³/mol. The summed E-state index contributed by atoms with van der Waals surface area (Å²) in [5.74, 6) is 1.86. The molecule has 0 aromatic carbocycles. The highest BCUT2D eigenvalue weighted by Gasteiger charge is 2.27. The van der Waals surface area contributed by atoms with E-state index >= 15 is 0 Å². The van der Waals surface area contributed by atoms with E-state index in [9.17, 15) is 0 Å². The smallest absolute Gasteiger partial charge is 0.132 e. The van der Waals surface area contributed by atoms with Crippen LogP contribution in [0.4, 0.5) is 5.82 Å². The van der Waals surface area contributed by atoms with Crippen molar-refractivity contribution < 1.29 is 0 Å². The molecule has 0 bridgehead atoms. The molecule has 3 heterocycles. The first-order chi connectivity index (χ1) is 10.1. The van der Waals surface area contributed by atoms with Crippen LogP contribution in [0, 0.1) is 6.92 Å². The van der Waals surface area contributed by atoms with E-state index in [1.807, 2.05) is 21.0 Å². The van der Waals surface area contributed by atoms with Crippen LogP contribution in [-0.2, 0) is 6.54 Å². The number of anilines is 1. The minimum absolute atomic E-state index is 0.422. The molecule has 2 aromatic heterocycles. The first-order valence-corrected chi connectivity index (χ1v) is 8.36. The molecule has 0 unspecified atom stereocenters. The average molecular weight is 302 g/mol. The predicted octanol–water partition coefficient (Wildman–Crippen LogP) is 3.25. The van der Waals surface area contributed by atoms with Crippen LogP contribution in [0.3, 0.4) is 0 Å². The fourth-order valence-electron chi connectivity index (χ4n) is 2.94. The molecule has 1 atom stereocenters. The summed E-state index contributed by atoms with van der Waals surface area (Å²) < 4.78 is 0. The van der Waals surface area contributed by atoms with E-state index in [-0.39, 0.29) is 0 Å². The van der Waals surface area contributed by atoms with Gasteiger partial charge in [-0.15, -0.1) is 0 Å². The quantitative estimate of drug-likeness (QED) is 0.868. The third kappa shape index (κ3) is 3.24. The summed E-state index contributed by atoms with van der Waals surface area (Å²) in [6, 6.07) is 4.78. The van der Waals surface area contributed by atoms with E-state index < -0.39 is 0 Å². The summed E-state index contributed by atoms with van der Waals surface area (Å²) in [5, 5.41) is 4.39. The van der Waals surface area contributed by atoms with Crippen LogP contribution in [0.25, 0.3) is 0 Å². The Balaban J connectivity index is 1.84. The molecule has 0 saturated carbocycles. The van der Waals surface area contributed by atoms with Crippen molar-refractivity contribution in [3.05, 3.63) is 40.0 Å². The van der Waals surface area contributed by atoms with E-state index in [2.05, 4.69) is 37.7 Å². The summed E-state index contributed by atoms with van der Waals surface area (Å²) in [4.78, 5) is 13.8. The minimum atomic E-state index is 0.422. The summed E-state index contributed by atoms with van der Waals surface area (Å²) in [6.07, 6.45) is 2.43. The normalized spacial score (nSPS) is 19.1. The molecule has 4 nitrogen and oxygen atoms in total. The molecule has 3 rings (SSSR count). The van der Waals surface area contributed by atoms with Gasteiger partial charge in [0.15, 0.2) is 0 Å². The number of hydrogen-bond donors (Lipinski definition) is 0. The van der Waals surface area contributed by atoms with Crippen molar-refractivity contribution in [2.45, 2.75) is 32.4 Å². The highest BCUT2D eigenvalue weighted by molar-refractivity contribution is 7.07. The Hall–Kier alpha value is -1.46. The van der Waals surface area contributed by atoms with Gasteiger partial charge in [0.25, 0.3) is 0 Å². The van der Waals surface area contributed by atoms with E-state index in [0.29, 0.717) is 6.04 Å². The van der Waals surface area contributed by atoms with Crippen LogP contribution in [0.1, 0.15) is 36.0 Å². The van der Waals surface area contributed by atoms with Crippen LogP contribution in [0.15, 0.2) is 22.9 Å². The lowest BCUT2D eigenvalue weighted by atomic mass is 10.1. The lowest BCUT2D eigenvalue weighted by Gasteiger charge is -2.24. The second kappa shape index (κ2) is 6.12. The fourth-order valence-corrected chi connectivity index (χ4v) is 3.60. The van der Waals surface area contributed by atoms with Crippen molar-refractivity contribution in [2.75, 3.05) is 25.5 Å². The van der Waals surface area contributed by atoms with Crippen LogP contribution in [-0.4, -0.2) is 35.5 Å². The minimum Gasteiger partial charge on any atom is -0.363 e. The van der Waals surface area contributed by atoms with Gasteiger partial charge in [-0.05, 0) is 48.7 Å². The Morgan fingerprint density at radius 3 is 2.95 bits per heavy atom. The molecule has 0 N–H and O–H groups in total. The molecule has 21 heavy (non-hydrogen) atoms. The molecule has 112 valence electrons. The number of rotatable bonds is 4. The number of aryl methyl sites for hydroxylation is 1. The highest BCUT2D eigenvalue weighted by Crippen LogP contribution is 2.33. The zero-order valence-electron chi connectivity index (χ0n) is 12.9. The topological polar surface area (TPSA) is 32.3 Å². The maximum Gasteiger partial charge on any atom is 0.132 e. The summed E-state index contributed by atoms with van der Waals surface area (Å²) in [7, 11) is 4.06. The zero-order chi connectivity index (χ0) is 14.8. The molecule has 1 saturated heterocycles. The van der Waals surface area contributed by atoms with Gasteiger partial charge < -0.3 is 4.90 Å². The molecule has 0 radical (unpaired) electrons. The van der Waals surface area contributed by atoms with Crippen molar-refractivity contribution in [2.24, 2.45) is 0 Å². The molecule has 1 aliphatic rings. The molecule has 1 fully saturated rings. The second-order valence-corrected chi connectivity index (χ2v) is 6.63. The van der Waals surface area contributed by atoms with E-state index in [1.165, 1.54) is 24.1 Å². The van der Waals surface area contributed by atoms with Gasteiger partial charge in [-0.1, -0.05) is 0 Å². The van der Waals surface area contributed by atoms with Gasteiger partial charge in [-0.3, -0.25) is 4.90 Å². The van der Waals surface area contributed by atoms with Gasteiger partial charge in [0.2, 0.25) is 0 Å². The van der Waals surface area contributed by atoms with Crippen molar-refractivity contribution in [3.8, 4) is 0 Å². The average Bonchev–Trinajstić information content (AvgIpc) is 3.10. The van der Waals surface area contributed by atoms with Crippen molar-refractivity contribution in [1.29, 1.82) is 0 Å². The molecule has 0 spiro atoms. The molecular weight excluding hydrogens is 280 g/mol. The van der Waals surface area contributed by atoms with Gasteiger partial charge in [0, 0.05) is 26.7 Å². The number of thiophene rings is 1. The van der Waals surface area contributed by atoms with Crippen LogP contribution in [0.5, 0.6) is 0 Å². The highest BCUT2D eigenvalue weighted by atomic mass is 32.1. The van der Waals surface area contributed by atoms with Gasteiger partial charge in [-0.2, -0.15) is 11.3 Å². The molecule has 1 aliphatic heterocycles. The Labute approximate surface area is 130 Å². The maximum absolute atomic E-state index is 4.70. The summed E-state index contributed by atoms with van der Waals surface area (Å²) in [6.45, 7) is 4.16. The second-order valence-electron chi connectivity index (χ2n) is 5.85. The SMILES string of the molecule is Cc1nc([C@@H]2CCCN2Cc2ccsc2)cc(N(C)C)n1. The van der Waals surface area contributed by atoms with Crippen molar-refractivity contribution in [1.82, 2.24) is 14.9 Å². The van der Waals surface area contributed by atoms with Gasteiger partial charge in [-0.25, -0.2) is 9.97 Å². The lowest BCUT2D eigenvalue weighted by Crippen LogP contribution is -2.24. The monoisotopic (exact) mass is 302 g/mol. The van der Waals surface area contributed by atoms with Crippen LogP contribution < -0.4 is 4.90 Å². The standard InChI is InChI=1S/C16H22N4S/c1-12-17-14(9-16(18-12)19(2)3)15-5-4-7-20(15)10-13-6-8-21-11-13/h6,8-9,11,15H,4-5,7,10H2,1-3H3/t15-/m0/s1. The summed E-state index contributed by atoms with van der Waals surface area (Å²) >= 11 is 1.77. The zero-order valence-corrected chi connectivity index (χ0v) is 13.7. The van der Waals surface area contributed by atoms with Crippen molar-refractivity contribution in [3.63, 3.8) is 0 Å². The molecule has 0 aliphatic carbocycles. The van der Waals surface area contributed by atoms with Crippen LogP contribution >= 0.6 is 11.3 Å². The summed E-state index contributed by atoms with van der Waals surface area (Å²) in [5.41, 5.74) is 2.57. The Morgan fingerprint density at radius 1 is 1.38 bits per heavy atom. The molecule has 0 amide bonds. The lowest BCUT2D eigenvalue weighted by molar-refractivity contribution is 0.244. The van der Waals surface area contributed by atoms with Gasteiger partial charge >= 0.3 is 0 Å². The van der Waals surface area contributed by atoms with E-state index in [0.717, 1.165) is 24.7 Å². The Morgan fingerprint density at radius 2 is 2.24 bits per heavy atom. The molecular formula is C16H22N4S. The number of aromatic nitrogens is 2. The van der Waals surface area contributed by atoms with E-state index in [4.69, 9.17) is 4.98 Å². The molecule has 5 heteroatoms. The number of likely N-dealkylation sites (tertiary alicyclic amines) is 1. The fraction of sp³-hybridized carbons (Fsp3) is 0.500.